The molecule has 0 spiro atoms. The Hall–Kier alpha value is -4.18. The summed E-state index contributed by atoms with van der Waals surface area (Å²) < 4.78 is 2.11. The lowest BCUT2D eigenvalue weighted by Gasteiger charge is -2.21. The molecule has 3 N–H and O–H groups in total. The Morgan fingerprint density at radius 3 is 2.47 bits per heavy atom. The molecule has 186 valence electrons. The summed E-state index contributed by atoms with van der Waals surface area (Å²) in [4.78, 5) is 56.7. The maximum atomic E-state index is 13.5. The second-order valence-corrected chi connectivity index (χ2v) is 9.09. The summed E-state index contributed by atoms with van der Waals surface area (Å²) >= 11 is 5.99. The van der Waals surface area contributed by atoms with E-state index in [1.807, 2.05) is 13.0 Å². The van der Waals surface area contributed by atoms with Crippen LogP contribution in [0.1, 0.15) is 31.0 Å². The highest BCUT2D eigenvalue weighted by molar-refractivity contribution is 6.30. The van der Waals surface area contributed by atoms with Gasteiger partial charge in [-0.25, -0.2) is 14.2 Å². The van der Waals surface area contributed by atoms with E-state index >= 15 is 0 Å². The molecule has 0 fully saturated rings. The average Bonchev–Trinajstić information content (AvgIpc) is 2.81. The fourth-order valence-corrected chi connectivity index (χ4v) is 4.06. The van der Waals surface area contributed by atoms with Crippen molar-refractivity contribution in [1.29, 1.82) is 0 Å². The number of nitrogens with zero attached hydrogens (tertiary/aromatic N) is 3. The molecule has 0 aliphatic carbocycles. The zero-order valence-corrected chi connectivity index (χ0v) is 20.5. The quantitative estimate of drug-likeness (QED) is 0.347. The Kier molecular flexibility index (Phi) is 6.80. The van der Waals surface area contributed by atoms with Gasteiger partial charge in [-0.1, -0.05) is 29.8 Å². The number of fused-ring (bicyclic) bond motifs is 1. The van der Waals surface area contributed by atoms with Gasteiger partial charge in [0.05, 0.1) is 24.0 Å². The number of aryl methyl sites for hydroxylation is 1. The van der Waals surface area contributed by atoms with Crippen LogP contribution in [0.25, 0.3) is 10.9 Å². The normalized spacial score (nSPS) is 12.9. The lowest BCUT2D eigenvalue weighted by Crippen LogP contribution is -2.46. The van der Waals surface area contributed by atoms with Gasteiger partial charge in [-0.2, -0.15) is 4.98 Å². The number of hydrogen-bond acceptors (Lipinski definition) is 6. The highest BCUT2D eigenvalue weighted by Gasteiger charge is 2.26. The number of rotatable bonds is 7. The van der Waals surface area contributed by atoms with Crippen molar-refractivity contribution in [3.05, 3.63) is 96.0 Å². The van der Waals surface area contributed by atoms with Crippen LogP contribution in [0.4, 0.5) is 11.6 Å². The molecule has 0 amide bonds. The van der Waals surface area contributed by atoms with Crippen molar-refractivity contribution in [2.45, 2.75) is 33.4 Å². The molecule has 2 aromatic carbocycles. The molecule has 2 atom stereocenters. The second-order valence-electron chi connectivity index (χ2n) is 8.65. The van der Waals surface area contributed by atoms with Crippen molar-refractivity contribution in [3.63, 3.8) is 0 Å². The fraction of sp³-hybridized carbons (Fsp3) is 0.240. The number of benzene rings is 2. The lowest BCUT2D eigenvalue weighted by molar-refractivity contribution is -0.142. The van der Waals surface area contributed by atoms with Gasteiger partial charge in [0.25, 0.3) is 0 Å². The third-order valence-electron chi connectivity index (χ3n) is 6.18. The Labute approximate surface area is 209 Å². The number of carbonyl (C=O) groups is 1. The maximum absolute atomic E-state index is 13.5. The summed E-state index contributed by atoms with van der Waals surface area (Å²) in [5.74, 6) is -2.16. The first-order chi connectivity index (χ1) is 17.0. The molecule has 36 heavy (non-hydrogen) atoms. The summed E-state index contributed by atoms with van der Waals surface area (Å²) in [5.41, 5.74) is 0.757. The maximum Gasteiger partial charge on any atom is 0.355 e. The highest BCUT2D eigenvalue weighted by Crippen LogP contribution is 2.22. The molecule has 2 heterocycles. The third kappa shape index (κ3) is 4.94. The molecule has 0 saturated carbocycles. The molecule has 11 heteroatoms. The number of aliphatic carboxylic acids is 1. The van der Waals surface area contributed by atoms with Gasteiger partial charge < -0.3 is 15.4 Å². The predicted octanol–water partition coefficient (Wildman–Crippen LogP) is 3.28. The molecule has 0 unspecified atom stereocenters. The Balaban J connectivity index is 1.85. The van der Waals surface area contributed by atoms with E-state index in [2.05, 4.69) is 15.3 Å². The van der Waals surface area contributed by atoms with Crippen molar-refractivity contribution in [3.8, 4) is 0 Å². The Morgan fingerprint density at radius 1 is 1.11 bits per heavy atom. The molecule has 0 aliphatic heterocycles. The predicted molar refractivity (Wildman–Crippen MR) is 137 cm³/mol. The lowest BCUT2D eigenvalue weighted by atomic mass is 10.0. The molecule has 0 saturated heterocycles. The van der Waals surface area contributed by atoms with Gasteiger partial charge in [-0.15, -0.1) is 0 Å². The van der Waals surface area contributed by atoms with Gasteiger partial charge in [-0.05, 0) is 56.2 Å². The standard InChI is InChI=1S/C25H24ClN5O5/c1-13-10-21(32)28-20-11-18(8-9-19(13)20)27-23-29-24(35)31(15(3)14(2)22(33)34)25(36)30(23)12-16-4-6-17(26)7-5-16/h4-11,14-15H,12H2,1-3H3,(H,28,32)(H,33,34)(H,27,29,35)/t14-,15+/m1/s1. The summed E-state index contributed by atoms with van der Waals surface area (Å²) in [6.45, 7) is 4.79. The minimum absolute atomic E-state index is 0.0271. The zero-order chi connectivity index (χ0) is 26.1. The molecule has 10 nitrogen and oxygen atoms in total. The van der Waals surface area contributed by atoms with Crippen LogP contribution in [-0.2, 0) is 11.3 Å². The van der Waals surface area contributed by atoms with E-state index in [0.717, 1.165) is 15.5 Å². The van der Waals surface area contributed by atoms with E-state index in [1.54, 1.807) is 36.4 Å². The van der Waals surface area contributed by atoms with E-state index in [9.17, 15) is 24.3 Å². The van der Waals surface area contributed by atoms with Gasteiger partial charge in [0.15, 0.2) is 0 Å². The number of aromatic nitrogens is 4. The number of hydrogen-bond donors (Lipinski definition) is 3. The first-order valence-electron chi connectivity index (χ1n) is 11.2. The minimum Gasteiger partial charge on any atom is -0.481 e. The van der Waals surface area contributed by atoms with E-state index < -0.39 is 29.3 Å². The summed E-state index contributed by atoms with van der Waals surface area (Å²) in [5, 5.41) is 13.8. The van der Waals surface area contributed by atoms with Crippen LogP contribution < -0.4 is 22.3 Å². The first kappa shape index (κ1) is 24.9. The molecule has 4 aromatic rings. The molecule has 0 aliphatic rings. The van der Waals surface area contributed by atoms with Crippen LogP contribution in [0.3, 0.4) is 0 Å². The van der Waals surface area contributed by atoms with Crippen LogP contribution in [0.15, 0.2) is 62.9 Å². The summed E-state index contributed by atoms with van der Waals surface area (Å²) in [6, 6.07) is 12.6. The van der Waals surface area contributed by atoms with Gasteiger partial charge in [-0.3, -0.25) is 14.2 Å². The number of H-pyrrole nitrogens is 1. The molecular weight excluding hydrogens is 486 g/mol. The van der Waals surface area contributed by atoms with Gasteiger partial charge in [0.2, 0.25) is 11.5 Å². The van der Waals surface area contributed by atoms with Crippen LogP contribution in [-0.4, -0.2) is 30.2 Å². The van der Waals surface area contributed by atoms with Gasteiger partial charge >= 0.3 is 17.3 Å². The minimum atomic E-state index is -1.14. The number of halogens is 1. The Morgan fingerprint density at radius 2 is 1.81 bits per heavy atom. The first-order valence-corrected chi connectivity index (χ1v) is 11.5. The van der Waals surface area contributed by atoms with Crippen molar-refractivity contribution in [1.82, 2.24) is 19.1 Å². The molecular formula is C25H24ClN5O5. The van der Waals surface area contributed by atoms with Crippen molar-refractivity contribution in [2.24, 2.45) is 5.92 Å². The van der Waals surface area contributed by atoms with Gasteiger partial charge in [0, 0.05) is 22.2 Å². The summed E-state index contributed by atoms with van der Waals surface area (Å²) in [6.07, 6.45) is 0. The number of carboxylic acid groups (broad SMARTS) is 1. The number of pyridine rings is 1. The van der Waals surface area contributed by atoms with Crippen molar-refractivity contribution < 1.29 is 9.90 Å². The molecule has 0 radical (unpaired) electrons. The topological polar surface area (TPSA) is 139 Å². The van der Waals surface area contributed by atoms with Crippen LogP contribution in [0, 0.1) is 12.8 Å². The van der Waals surface area contributed by atoms with Crippen molar-refractivity contribution >= 4 is 40.1 Å². The van der Waals surface area contributed by atoms with E-state index in [-0.39, 0.29) is 18.1 Å². The largest absolute Gasteiger partial charge is 0.481 e. The van der Waals surface area contributed by atoms with E-state index in [1.165, 1.54) is 24.5 Å². The molecule has 2 aromatic heterocycles. The third-order valence-corrected chi connectivity index (χ3v) is 6.43. The van der Waals surface area contributed by atoms with Crippen molar-refractivity contribution in [2.75, 3.05) is 5.32 Å². The number of carboxylic acids is 1. The number of aromatic amines is 1. The van der Waals surface area contributed by atoms with Gasteiger partial charge in [0.1, 0.15) is 0 Å². The fourth-order valence-electron chi connectivity index (χ4n) is 3.94. The summed E-state index contributed by atoms with van der Waals surface area (Å²) in [7, 11) is 0. The van der Waals surface area contributed by atoms with Crippen LogP contribution >= 0.6 is 11.6 Å². The molecule has 0 bridgehead atoms. The number of anilines is 2. The second kappa shape index (κ2) is 9.82. The smallest absolute Gasteiger partial charge is 0.355 e. The van der Waals surface area contributed by atoms with E-state index in [4.69, 9.17) is 11.6 Å². The number of nitrogens with one attached hydrogen (secondary N) is 2. The SMILES string of the molecule is Cc1cc(=O)[nH]c2cc(Nc3nc(=O)n([C@@H](C)[C@@H](C)C(=O)O)c(=O)n3Cc3ccc(Cl)cc3)ccc12. The molecule has 4 rings (SSSR count). The Bertz CT molecular complexity index is 1640. The van der Waals surface area contributed by atoms with Crippen LogP contribution in [0.2, 0.25) is 5.02 Å². The van der Waals surface area contributed by atoms with Crippen LogP contribution in [0.5, 0.6) is 0 Å². The zero-order valence-electron chi connectivity index (χ0n) is 19.8. The van der Waals surface area contributed by atoms with E-state index in [0.29, 0.717) is 21.8 Å². The highest BCUT2D eigenvalue weighted by atomic mass is 35.5. The monoisotopic (exact) mass is 509 g/mol. The average molecular weight is 510 g/mol.